The number of aryl methyl sites for hydroxylation is 1. The number of primary amides is 1. The fourth-order valence-corrected chi connectivity index (χ4v) is 2.21. The topological polar surface area (TPSA) is 87.2 Å². The molecule has 2 N–H and O–H groups in total. The van der Waals surface area contributed by atoms with Gasteiger partial charge in [-0.2, -0.15) is 5.10 Å². The first-order valence-electron chi connectivity index (χ1n) is 6.98. The summed E-state index contributed by atoms with van der Waals surface area (Å²) >= 11 is 6.27. The van der Waals surface area contributed by atoms with E-state index in [4.69, 9.17) is 22.1 Å². The minimum absolute atomic E-state index is 0.256. The predicted octanol–water partition coefficient (Wildman–Crippen LogP) is 2.40. The van der Waals surface area contributed by atoms with Gasteiger partial charge in [0.15, 0.2) is 6.10 Å². The fourth-order valence-electron chi connectivity index (χ4n) is 1.88. The van der Waals surface area contributed by atoms with Crippen LogP contribution in [-0.4, -0.2) is 27.8 Å². The molecule has 0 bridgehead atoms. The number of amides is 1. The zero-order chi connectivity index (χ0) is 17.9. The van der Waals surface area contributed by atoms with Crippen LogP contribution in [-0.2, 0) is 14.3 Å². The highest BCUT2D eigenvalue weighted by molar-refractivity contribution is 6.31. The van der Waals surface area contributed by atoms with E-state index in [0.29, 0.717) is 16.9 Å². The summed E-state index contributed by atoms with van der Waals surface area (Å²) in [5.74, 6) is -1.84. The average Bonchev–Trinajstić information content (AvgIpc) is 2.80. The zero-order valence-corrected chi connectivity index (χ0v) is 13.7. The van der Waals surface area contributed by atoms with E-state index in [0.717, 1.165) is 6.08 Å². The molecule has 1 aromatic heterocycles. The molecule has 24 heavy (non-hydrogen) atoms. The Balaban J connectivity index is 2.23. The minimum atomic E-state index is -1.03. The molecule has 0 fully saturated rings. The molecule has 126 valence electrons. The highest BCUT2D eigenvalue weighted by Gasteiger charge is 2.15. The van der Waals surface area contributed by atoms with Crippen molar-refractivity contribution < 1.29 is 18.7 Å². The fraction of sp³-hybridized carbons (Fsp3) is 0.188. The molecule has 0 spiro atoms. The van der Waals surface area contributed by atoms with Gasteiger partial charge in [-0.15, -0.1) is 0 Å². The molecule has 1 amide bonds. The second kappa shape index (κ2) is 7.27. The van der Waals surface area contributed by atoms with E-state index in [1.807, 2.05) is 0 Å². The average molecular weight is 352 g/mol. The number of benzene rings is 1. The molecule has 0 unspecified atom stereocenters. The summed E-state index contributed by atoms with van der Waals surface area (Å²) < 4.78 is 19.2. The SMILES string of the molecule is Cc1nn(-c2ccc(F)cc2)c(Cl)c1/C=C/C(=O)O[C@@H](C)C(N)=O. The van der Waals surface area contributed by atoms with Gasteiger partial charge >= 0.3 is 5.97 Å². The number of aromatic nitrogens is 2. The number of hydrogen-bond acceptors (Lipinski definition) is 4. The summed E-state index contributed by atoms with van der Waals surface area (Å²) in [4.78, 5) is 22.5. The van der Waals surface area contributed by atoms with Crippen LogP contribution in [0.3, 0.4) is 0 Å². The molecule has 6 nitrogen and oxygen atoms in total. The maximum absolute atomic E-state index is 13.0. The number of nitrogens with zero attached hydrogens (tertiary/aromatic N) is 2. The first-order valence-corrected chi connectivity index (χ1v) is 7.36. The lowest BCUT2D eigenvalue weighted by atomic mass is 10.2. The van der Waals surface area contributed by atoms with Crippen LogP contribution in [0.2, 0.25) is 5.15 Å². The van der Waals surface area contributed by atoms with Gasteiger partial charge in [0, 0.05) is 11.6 Å². The van der Waals surface area contributed by atoms with Crippen LogP contribution < -0.4 is 5.73 Å². The number of carbonyl (C=O) groups excluding carboxylic acids is 2. The Morgan fingerprint density at radius 1 is 1.38 bits per heavy atom. The summed E-state index contributed by atoms with van der Waals surface area (Å²) in [6.45, 7) is 3.09. The number of ether oxygens (including phenoxy) is 1. The van der Waals surface area contributed by atoms with Crippen molar-refractivity contribution in [3.63, 3.8) is 0 Å². The van der Waals surface area contributed by atoms with Gasteiger partial charge in [-0.1, -0.05) is 11.6 Å². The van der Waals surface area contributed by atoms with Crippen LogP contribution in [0.5, 0.6) is 0 Å². The van der Waals surface area contributed by atoms with E-state index in [-0.39, 0.29) is 11.0 Å². The number of rotatable bonds is 5. The maximum atomic E-state index is 13.0. The molecule has 2 aromatic rings. The Labute approximate surface area is 142 Å². The molecule has 0 aliphatic heterocycles. The van der Waals surface area contributed by atoms with Crippen molar-refractivity contribution >= 4 is 29.6 Å². The Kier molecular flexibility index (Phi) is 5.35. The number of nitrogens with two attached hydrogens (primary N) is 1. The second-order valence-electron chi connectivity index (χ2n) is 4.99. The van der Waals surface area contributed by atoms with Crippen molar-refractivity contribution in [2.45, 2.75) is 20.0 Å². The lowest BCUT2D eigenvalue weighted by Crippen LogP contribution is -2.29. The monoisotopic (exact) mass is 351 g/mol. The highest BCUT2D eigenvalue weighted by atomic mass is 35.5. The molecule has 8 heteroatoms. The largest absolute Gasteiger partial charge is 0.449 e. The predicted molar refractivity (Wildman–Crippen MR) is 87.1 cm³/mol. The number of carbonyl (C=O) groups is 2. The number of halogens is 2. The van der Waals surface area contributed by atoms with Gasteiger partial charge < -0.3 is 10.5 Å². The van der Waals surface area contributed by atoms with Gasteiger partial charge in [-0.25, -0.2) is 13.9 Å². The van der Waals surface area contributed by atoms with E-state index in [1.165, 1.54) is 41.9 Å². The Bertz CT molecular complexity index is 800. The summed E-state index contributed by atoms with van der Waals surface area (Å²) in [6, 6.07) is 5.65. The molecule has 2 rings (SSSR count). The summed E-state index contributed by atoms with van der Waals surface area (Å²) in [6.07, 6.45) is 1.53. The maximum Gasteiger partial charge on any atom is 0.331 e. The quantitative estimate of drug-likeness (QED) is 0.662. The third-order valence-electron chi connectivity index (χ3n) is 3.20. The third kappa shape index (κ3) is 3.99. The van der Waals surface area contributed by atoms with Crippen molar-refractivity contribution in [2.75, 3.05) is 0 Å². The van der Waals surface area contributed by atoms with Crippen LogP contribution in [0.25, 0.3) is 11.8 Å². The first kappa shape index (κ1) is 17.7. The van der Waals surface area contributed by atoms with E-state index in [2.05, 4.69) is 5.10 Å². The highest BCUT2D eigenvalue weighted by Crippen LogP contribution is 2.24. The molecule has 0 saturated heterocycles. The normalized spacial score (nSPS) is 12.3. The van der Waals surface area contributed by atoms with Crippen LogP contribution >= 0.6 is 11.6 Å². The lowest BCUT2D eigenvalue weighted by molar-refractivity contribution is -0.148. The minimum Gasteiger partial charge on any atom is -0.449 e. The molecule has 1 aromatic carbocycles. The summed E-state index contributed by atoms with van der Waals surface area (Å²) in [5, 5.41) is 4.52. The third-order valence-corrected chi connectivity index (χ3v) is 3.56. The van der Waals surface area contributed by atoms with Crippen molar-refractivity contribution in [2.24, 2.45) is 5.73 Å². The van der Waals surface area contributed by atoms with E-state index in [9.17, 15) is 14.0 Å². The Morgan fingerprint density at radius 2 is 2.00 bits per heavy atom. The summed E-state index contributed by atoms with van der Waals surface area (Å²) in [7, 11) is 0. The standard InChI is InChI=1S/C16H15ClFN3O3/c1-9-13(7-8-14(22)24-10(2)16(19)23)15(17)21(20-9)12-5-3-11(18)4-6-12/h3-8,10H,1-2H3,(H2,19,23)/b8-7+/t10-/m0/s1. The van der Waals surface area contributed by atoms with Crippen LogP contribution in [0.1, 0.15) is 18.2 Å². The molecule has 0 aliphatic rings. The van der Waals surface area contributed by atoms with E-state index < -0.39 is 18.0 Å². The smallest absolute Gasteiger partial charge is 0.331 e. The van der Waals surface area contributed by atoms with Gasteiger partial charge in [-0.05, 0) is 44.2 Å². The van der Waals surface area contributed by atoms with E-state index >= 15 is 0 Å². The second-order valence-corrected chi connectivity index (χ2v) is 5.35. The molecule has 0 radical (unpaired) electrons. The van der Waals surface area contributed by atoms with Crippen LogP contribution in [0.4, 0.5) is 4.39 Å². The Morgan fingerprint density at radius 3 is 2.58 bits per heavy atom. The number of hydrogen-bond donors (Lipinski definition) is 1. The van der Waals surface area contributed by atoms with Gasteiger partial charge in [0.2, 0.25) is 0 Å². The van der Waals surface area contributed by atoms with E-state index in [1.54, 1.807) is 6.92 Å². The molecular formula is C16H15ClFN3O3. The lowest BCUT2D eigenvalue weighted by Gasteiger charge is -2.06. The van der Waals surface area contributed by atoms with Crippen LogP contribution in [0, 0.1) is 12.7 Å². The van der Waals surface area contributed by atoms with Gasteiger partial charge in [0.1, 0.15) is 11.0 Å². The number of esters is 1. The van der Waals surface area contributed by atoms with Gasteiger partial charge in [-0.3, -0.25) is 4.79 Å². The molecule has 1 atom stereocenters. The van der Waals surface area contributed by atoms with Crippen molar-refractivity contribution in [3.05, 3.63) is 52.6 Å². The van der Waals surface area contributed by atoms with Crippen LogP contribution in [0.15, 0.2) is 30.3 Å². The first-order chi connectivity index (χ1) is 11.3. The van der Waals surface area contributed by atoms with Crippen molar-refractivity contribution in [3.8, 4) is 5.69 Å². The molecule has 0 aliphatic carbocycles. The summed E-state index contributed by atoms with van der Waals surface area (Å²) in [5.41, 5.74) is 6.66. The Hall–Kier alpha value is -2.67. The van der Waals surface area contributed by atoms with Gasteiger partial charge in [0.05, 0.1) is 11.4 Å². The molecule has 0 saturated carbocycles. The molecular weight excluding hydrogens is 337 g/mol. The van der Waals surface area contributed by atoms with Gasteiger partial charge in [0.25, 0.3) is 5.91 Å². The van der Waals surface area contributed by atoms with Crippen molar-refractivity contribution in [1.82, 2.24) is 9.78 Å². The molecule has 1 heterocycles. The van der Waals surface area contributed by atoms with Crippen molar-refractivity contribution in [1.29, 1.82) is 0 Å². The zero-order valence-electron chi connectivity index (χ0n) is 13.0.